The third-order valence-corrected chi connectivity index (χ3v) is 13.3. The number of carbonyl (C=O) groups is 1. The van der Waals surface area contributed by atoms with E-state index in [1.807, 2.05) is 18.2 Å². The van der Waals surface area contributed by atoms with Gasteiger partial charge < -0.3 is 24.5 Å². The van der Waals surface area contributed by atoms with E-state index in [4.69, 9.17) is 21.1 Å². The summed E-state index contributed by atoms with van der Waals surface area (Å²) in [5.74, 6) is -0.654. The average Bonchev–Trinajstić information content (AvgIpc) is 3.70. The van der Waals surface area contributed by atoms with Gasteiger partial charge >= 0.3 is 0 Å². The summed E-state index contributed by atoms with van der Waals surface area (Å²) in [7, 11) is -4.63. The van der Waals surface area contributed by atoms with Crippen LogP contribution >= 0.6 is 11.6 Å². The van der Waals surface area contributed by atoms with Crippen LogP contribution in [0.2, 0.25) is 5.02 Å². The number of piperazine rings is 1. The van der Waals surface area contributed by atoms with E-state index < -0.39 is 31.4 Å². The quantitative estimate of drug-likeness (QED) is 0.0825. The summed E-state index contributed by atoms with van der Waals surface area (Å²) in [5, 5.41) is 23.0. The molecule has 3 aliphatic rings. The van der Waals surface area contributed by atoms with Crippen molar-refractivity contribution in [3.8, 4) is 17.2 Å². The zero-order valence-electron chi connectivity index (χ0n) is 33.4. The second-order valence-electron chi connectivity index (χ2n) is 16.6. The number of carbonyl (C=O) groups excluding carboxylic acids is 1. The fraction of sp³-hybridized carbons (Fsp3) is 0.364. The van der Waals surface area contributed by atoms with E-state index in [9.17, 15) is 28.4 Å². The lowest BCUT2D eigenvalue weighted by Gasteiger charge is -2.39. The Labute approximate surface area is 353 Å². The molecule has 0 unspecified atom stereocenters. The van der Waals surface area contributed by atoms with E-state index in [0.717, 1.165) is 61.1 Å². The van der Waals surface area contributed by atoms with E-state index in [-0.39, 0.29) is 53.6 Å². The van der Waals surface area contributed by atoms with Gasteiger partial charge in [-0.15, -0.1) is 0 Å². The normalized spacial score (nSPS) is 18.2. The number of rotatable bonds is 12. The molecule has 0 radical (unpaired) electrons. The number of allylic oxidation sites excluding steroid dienone is 1. The Balaban J connectivity index is 1.03. The number of benzene rings is 3. The van der Waals surface area contributed by atoms with Crippen LogP contribution in [0.3, 0.4) is 0 Å². The molecule has 314 valence electrons. The van der Waals surface area contributed by atoms with Gasteiger partial charge in [-0.1, -0.05) is 43.2 Å². The summed E-state index contributed by atoms with van der Waals surface area (Å²) in [5.41, 5.74) is 5.49. The van der Waals surface area contributed by atoms with E-state index in [1.165, 1.54) is 35.0 Å². The lowest BCUT2D eigenvalue weighted by molar-refractivity contribution is -0.386. The summed E-state index contributed by atoms with van der Waals surface area (Å²) in [6.07, 6.45) is 7.06. The predicted octanol–water partition coefficient (Wildman–Crippen LogP) is 7.75. The molecular formula is C44H47ClN6O8S. The van der Waals surface area contributed by atoms with Crippen LogP contribution in [0, 0.1) is 21.4 Å². The van der Waals surface area contributed by atoms with Crippen molar-refractivity contribution in [3.63, 3.8) is 0 Å². The Morgan fingerprint density at radius 1 is 1.10 bits per heavy atom. The van der Waals surface area contributed by atoms with Gasteiger partial charge in [0, 0.05) is 79.8 Å². The van der Waals surface area contributed by atoms with E-state index in [2.05, 4.69) is 50.5 Å². The fourth-order valence-electron chi connectivity index (χ4n) is 8.40. The number of amides is 1. The smallest absolute Gasteiger partial charge is 0.277 e. The van der Waals surface area contributed by atoms with E-state index in [0.29, 0.717) is 30.9 Å². The Bertz CT molecular complexity index is 2580. The molecule has 4 heterocycles. The number of anilines is 1. The second-order valence-corrected chi connectivity index (χ2v) is 18.7. The molecule has 3 aromatic carbocycles. The van der Waals surface area contributed by atoms with Gasteiger partial charge in [0.05, 0.1) is 33.7 Å². The molecular weight excluding hydrogens is 808 g/mol. The highest BCUT2D eigenvalue weighted by molar-refractivity contribution is 7.90. The third kappa shape index (κ3) is 8.99. The molecule has 0 spiro atoms. The first kappa shape index (κ1) is 41.3. The van der Waals surface area contributed by atoms with E-state index in [1.54, 1.807) is 24.4 Å². The number of pyridine rings is 1. The summed E-state index contributed by atoms with van der Waals surface area (Å²) < 4.78 is 41.6. The molecule has 1 atom stereocenters. The second kappa shape index (κ2) is 16.9. The highest BCUT2D eigenvalue weighted by Crippen LogP contribution is 2.44. The van der Waals surface area contributed by atoms with E-state index >= 15 is 0 Å². The number of aromatic amines is 1. The average molecular weight is 855 g/mol. The molecule has 14 nitrogen and oxygen atoms in total. The lowest BCUT2D eigenvalue weighted by atomic mass is 9.72. The summed E-state index contributed by atoms with van der Waals surface area (Å²) >= 11 is 6.23. The minimum atomic E-state index is -4.63. The number of nitrogens with one attached hydrogen (secondary N) is 2. The number of nitro groups is 1. The minimum absolute atomic E-state index is 0.0498. The number of nitro benzene ring substituents is 1. The van der Waals surface area contributed by atoms with Gasteiger partial charge in [-0.3, -0.25) is 19.8 Å². The maximum atomic E-state index is 13.9. The molecule has 5 aromatic rings. The lowest BCUT2D eigenvalue weighted by Crippen LogP contribution is -2.47. The Hall–Kier alpha value is -5.48. The number of ether oxygens (including phenoxy) is 2. The maximum absolute atomic E-state index is 13.9. The third-order valence-electron chi connectivity index (χ3n) is 11.7. The SMILES string of the molecule is CC1(C)CCC(CN2CCN(c3ccc(C(=O)NS(=O)(=O)c4cc5c(c([N+](=O)[O-])c4)C[C@@H](CCO)CO5)c(Oc4cnc5[nH]ccc5c4)c3)CC2)=C(c2ccc(Cl)cc2)C1. The Kier molecular flexibility index (Phi) is 11.6. The molecule has 0 bridgehead atoms. The zero-order valence-corrected chi connectivity index (χ0v) is 35.0. The molecule has 0 saturated carbocycles. The van der Waals surface area contributed by atoms with Crippen molar-refractivity contribution in [1.82, 2.24) is 19.6 Å². The predicted molar refractivity (Wildman–Crippen MR) is 229 cm³/mol. The highest BCUT2D eigenvalue weighted by Gasteiger charge is 2.33. The summed E-state index contributed by atoms with van der Waals surface area (Å²) in [4.78, 5) is 37.0. The van der Waals surface area contributed by atoms with Crippen molar-refractivity contribution in [1.29, 1.82) is 0 Å². The van der Waals surface area contributed by atoms with Crippen LogP contribution in [-0.4, -0.2) is 85.2 Å². The van der Waals surface area contributed by atoms with Crippen LogP contribution in [0.25, 0.3) is 16.6 Å². The summed E-state index contributed by atoms with van der Waals surface area (Å²) in [6.45, 7) is 8.63. The number of H-pyrrole nitrogens is 1. The number of hydrogen-bond donors (Lipinski definition) is 3. The van der Waals surface area contributed by atoms with Crippen molar-refractivity contribution in [2.45, 2.75) is 50.8 Å². The molecule has 3 N–H and O–H groups in total. The van der Waals surface area contributed by atoms with Crippen LogP contribution in [0.1, 0.15) is 61.0 Å². The molecule has 1 fully saturated rings. The maximum Gasteiger partial charge on any atom is 0.277 e. The molecule has 1 amide bonds. The van der Waals surface area contributed by atoms with Gasteiger partial charge in [-0.2, -0.15) is 0 Å². The summed E-state index contributed by atoms with van der Waals surface area (Å²) in [6, 6.07) is 18.9. The van der Waals surface area contributed by atoms with Crippen LogP contribution in [0.5, 0.6) is 17.2 Å². The van der Waals surface area contributed by atoms with Crippen LogP contribution in [0.15, 0.2) is 89.6 Å². The minimum Gasteiger partial charge on any atom is -0.493 e. The van der Waals surface area contributed by atoms with Crippen molar-refractivity contribution < 1.29 is 32.7 Å². The highest BCUT2D eigenvalue weighted by atomic mass is 35.5. The van der Waals surface area contributed by atoms with Gasteiger partial charge in [0.2, 0.25) is 0 Å². The standard InChI is InChI=1S/C44H47ClN6O8S/c1-44(2)12-9-31(38(24-44)29-3-5-32(45)6-4-29)26-49-14-16-50(17-15-49)33-7-8-36(41(21-33)59-34-20-30-10-13-46-42(30)47-25-34)43(53)48-60(56,57)35-22-39(51(54)55)37-19-28(11-18-52)27-58-40(37)23-35/h3-8,10,13,20-23,25,28,52H,9,11-12,14-19,24,26-27H2,1-2H3,(H,46,47)(H,48,53)/t28-/m1/s1. The van der Waals surface area contributed by atoms with Gasteiger partial charge in [0.15, 0.2) is 0 Å². The molecule has 1 aliphatic carbocycles. The molecule has 2 aliphatic heterocycles. The number of nitrogens with zero attached hydrogens (tertiary/aromatic N) is 4. The topological polar surface area (TPSA) is 180 Å². The first-order valence-electron chi connectivity index (χ1n) is 20.1. The van der Waals surface area contributed by atoms with Crippen molar-refractivity contribution in [2.24, 2.45) is 11.3 Å². The van der Waals surface area contributed by atoms with Crippen LogP contribution in [0.4, 0.5) is 11.4 Å². The van der Waals surface area contributed by atoms with Gasteiger partial charge in [-0.05, 0) is 91.0 Å². The number of halogens is 1. The monoisotopic (exact) mass is 854 g/mol. The van der Waals surface area contributed by atoms with Gasteiger partial charge in [0.1, 0.15) is 22.9 Å². The Morgan fingerprint density at radius 2 is 1.88 bits per heavy atom. The van der Waals surface area contributed by atoms with Crippen LogP contribution in [-0.2, 0) is 16.4 Å². The van der Waals surface area contributed by atoms with Gasteiger partial charge in [-0.25, -0.2) is 18.1 Å². The van der Waals surface area contributed by atoms with Crippen LogP contribution < -0.4 is 19.1 Å². The Morgan fingerprint density at radius 3 is 2.63 bits per heavy atom. The molecule has 16 heteroatoms. The fourth-order valence-corrected chi connectivity index (χ4v) is 9.52. The number of hydrogen-bond acceptors (Lipinski definition) is 11. The van der Waals surface area contributed by atoms with Crippen molar-refractivity contribution >= 4 is 55.5 Å². The number of aliphatic hydroxyl groups excluding tert-OH is 1. The van der Waals surface area contributed by atoms with Gasteiger partial charge in [0.25, 0.3) is 21.6 Å². The first-order chi connectivity index (χ1) is 28.7. The largest absolute Gasteiger partial charge is 0.493 e. The molecule has 2 aromatic heterocycles. The number of sulfonamides is 1. The number of aromatic nitrogens is 2. The number of aliphatic hydroxyl groups is 1. The molecule has 1 saturated heterocycles. The zero-order chi connectivity index (χ0) is 42.2. The van der Waals surface area contributed by atoms with Crippen molar-refractivity contribution in [2.75, 3.05) is 50.8 Å². The van der Waals surface area contributed by atoms with Crippen molar-refractivity contribution in [3.05, 3.63) is 117 Å². The first-order valence-corrected chi connectivity index (χ1v) is 21.9. The molecule has 60 heavy (non-hydrogen) atoms. The number of fused-ring (bicyclic) bond motifs is 2. The molecule has 8 rings (SSSR count).